The third-order valence-electron chi connectivity index (χ3n) is 2.70. The number of benzene rings is 1. The zero-order valence-electron chi connectivity index (χ0n) is 9.71. The normalized spacial score (nSPS) is 12.7. The fourth-order valence-corrected chi connectivity index (χ4v) is 3.09. The summed E-state index contributed by atoms with van der Waals surface area (Å²) < 4.78 is 27.3. The second-order valence-corrected chi connectivity index (χ2v) is 6.30. The summed E-state index contributed by atoms with van der Waals surface area (Å²) in [7, 11) is 1.84. The highest BCUT2D eigenvalue weighted by molar-refractivity contribution is 9.11. The van der Waals surface area contributed by atoms with Crippen LogP contribution >= 0.6 is 27.3 Å². The lowest BCUT2D eigenvalue weighted by Gasteiger charge is -2.15. The molecular weight excluding hydrogens is 320 g/mol. The third-order valence-corrected chi connectivity index (χ3v) is 4.22. The predicted molar refractivity (Wildman–Crippen MR) is 73.9 cm³/mol. The van der Waals surface area contributed by atoms with E-state index in [1.165, 1.54) is 12.1 Å². The minimum Gasteiger partial charge on any atom is -0.313 e. The average molecular weight is 332 g/mol. The summed E-state index contributed by atoms with van der Waals surface area (Å²) in [5.74, 6) is -1.07. The van der Waals surface area contributed by atoms with Gasteiger partial charge in [0.2, 0.25) is 0 Å². The number of hydrogen-bond acceptors (Lipinski definition) is 2. The van der Waals surface area contributed by atoms with Gasteiger partial charge in [0.1, 0.15) is 11.6 Å². The number of halogens is 3. The van der Waals surface area contributed by atoms with Crippen LogP contribution in [0.4, 0.5) is 8.78 Å². The Kier molecular flexibility index (Phi) is 4.48. The quantitative estimate of drug-likeness (QED) is 0.881. The Labute approximate surface area is 117 Å². The smallest absolute Gasteiger partial charge is 0.126 e. The molecule has 2 aromatic rings. The number of likely N-dealkylation sites (N-methyl/N-ethyl adjacent to an activating group) is 1. The highest BCUT2D eigenvalue weighted by Gasteiger charge is 2.13. The van der Waals surface area contributed by atoms with Gasteiger partial charge in [0, 0.05) is 12.1 Å². The van der Waals surface area contributed by atoms with Gasteiger partial charge in [-0.3, -0.25) is 0 Å². The molecule has 1 aromatic heterocycles. The molecule has 18 heavy (non-hydrogen) atoms. The van der Waals surface area contributed by atoms with E-state index in [9.17, 15) is 8.78 Å². The van der Waals surface area contributed by atoms with E-state index in [1.807, 2.05) is 18.5 Å². The van der Waals surface area contributed by atoms with E-state index in [0.29, 0.717) is 12.0 Å². The van der Waals surface area contributed by atoms with Crippen LogP contribution in [0.5, 0.6) is 0 Å². The second kappa shape index (κ2) is 5.91. The topological polar surface area (TPSA) is 12.0 Å². The van der Waals surface area contributed by atoms with Crippen LogP contribution in [-0.4, -0.2) is 7.05 Å². The Morgan fingerprint density at radius 3 is 2.39 bits per heavy atom. The molecule has 1 N–H and O–H groups in total. The lowest BCUT2D eigenvalue weighted by molar-refractivity contribution is 0.562. The molecule has 1 heterocycles. The summed E-state index contributed by atoms with van der Waals surface area (Å²) in [6, 6.07) is 5.69. The minimum atomic E-state index is -0.536. The molecule has 1 atom stereocenters. The van der Waals surface area contributed by atoms with Gasteiger partial charge in [0.15, 0.2) is 0 Å². The monoisotopic (exact) mass is 331 g/mol. The molecular formula is C13H12BrF2NS. The van der Waals surface area contributed by atoms with Crippen LogP contribution in [0.2, 0.25) is 0 Å². The van der Waals surface area contributed by atoms with Crippen LogP contribution in [0.1, 0.15) is 17.2 Å². The molecule has 1 unspecified atom stereocenters. The highest BCUT2D eigenvalue weighted by atomic mass is 79.9. The first kappa shape index (κ1) is 13.6. The van der Waals surface area contributed by atoms with Gasteiger partial charge in [0.05, 0.1) is 3.79 Å². The van der Waals surface area contributed by atoms with Crippen LogP contribution in [0.3, 0.4) is 0 Å². The number of hydrogen-bond donors (Lipinski definition) is 1. The number of nitrogens with one attached hydrogen (secondary N) is 1. The molecule has 0 aliphatic carbocycles. The Morgan fingerprint density at radius 2 is 1.89 bits per heavy atom. The molecule has 1 aromatic carbocycles. The van der Waals surface area contributed by atoms with Crippen molar-refractivity contribution in [2.24, 2.45) is 0 Å². The molecule has 5 heteroatoms. The lowest BCUT2D eigenvalue weighted by Crippen LogP contribution is -2.18. The van der Waals surface area contributed by atoms with Crippen molar-refractivity contribution in [3.63, 3.8) is 0 Å². The standard InChI is InChI=1S/C13H12BrF2NS/c1-17-12(9-5-13(14)18-7-9)4-8-2-10(15)6-11(16)3-8/h2-3,5-7,12,17H,4H2,1H3. The van der Waals surface area contributed by atoms with Crippen LogP contribution in [0.25, 0.3) is 0 Å². The molecule has 0 saturated carbocycles. The third kappa shape index (κ3) is 3.37. The molecule has 0 radical (unpaired) electrons. The molecule has 0 spiro atoms. The van der Waals surface area contributed by atoms with Crippen LogP contribution in [-0.2, 0) is 6.42 Å². The Morgan fingerprint density at radius 1 is 1.22 bits per heavy atom. The fourth-order valence-electron chi connectivity index (χ4n) is 1.86. The van der Waals surface area contributed by atoms with Crippen molar-refractivity contribution < 1.29 is 8.78 Å². The van der Waals surface area contributed by atoms with Crippen molar-refractivity contribution in [2.45, 2.75) is 12.5 Å². The van der Waals surface area contributed by atoms with Crippen LogP contribution < -0.4 is 5.32 Å². The van der Waals surface area contributed by atoms with Gasteiger partial charge < -0.3 is 5.32 Å². The van der Waals surface area contributed by atoms with Crippen molar-refractivity contribution in [1.82, 2.24) is 5.32 Å². The molecule has 2 rings (SSSR count). The van der Waals surface area contributed by atoms with Gasteiger partial charge in [-0.1, -0.05) is 0 Å². The largest absolute Gasteiger partial charge is 0.313 e. The molecule has 0 bridgehead atoms. The summed E-state index contributed by atoms with van der Waals surface area (Å²) in [6.07, 6.45) is 0.550. The number of rotatable bonds is 4. The lowest BCUT2D eigenvalue weighted by atomic mass is 10.0. The van der Waals surface area contributed by atoms with Crippen LogP contribution in [0.15, 0.2) is 33.4 Å². The maximum atomic E-state index is 13.1. The van der Waals surface area contributed by atoms with E-state index < -0.39 is 11.6 Å². The van der Waals surface area contributed by atoms with E-state index in [-0.39, 0.29) is 6.04 Å². The fraction of sp³-hybridized carbons (Fsp3) is 0.231. The Hall–Kier alpha value is -0.780. The van der Waals surface area contributed by atoms with Gasteiger partial charge in [-0.15, -0.1) is 11.3 Å². The predicted octanol–water partition coefficient (Wildman–Crippen LogP) is 4.29. The molecule has 0 aliphatic heterocycles. The zero-order valence-corrected chi connectivity index (χ0v) is 12.1. The van der Waals surface area contributed by atoms with Gasteiger partial charge in [0.25, 0.3) is 0 Å². The van der Waals surface area contributed by atoms with E-state index in [1.54, 1.807) is 11.3 Å². The van der Waals surface area contributed by atoms with Crippen LogP contribution in [0, 0.1) is 11.6 Å². The van der Waals surface area contributed by atoms with E-state index in [2.05, 4.69) is 21.2 Å². The van der Waals surface area contributed by atoms with Gasteiger partial charge in [-0.05, 0) is 64.1 Å². The summed E-state index contributed by atoms with van der Waals surface area (Å²) in [5.41, 5.74) is 1.76. The highest BCUT2D eigenvalue weighted by Crippen LogP contribution is 2.27. The van der Waals surface area contributed by atoms with Crippen molar-refractivity contribution in [1.29, 1.82) is 0 Å². The Balaban J connectivity index is 2.20. The summed E-state index contributed by atoms with van der Waals surface area (Å²) in [4.78, 5) is 0. The van der Waals surface area contributed by atoms with Gasteiger partial charge in [-0.25, -0.2) is 8.78 Å². The molecule has 0 amide bonds. The molecule has 96 valence electrons. The van der Waals surface area contributed by atoms with Crippen molar-refractivity contribution in [3.05, 3.63) is 56.2 Å². The molecule has 0 fully saturated rings. The zero-order chi connectivity index (χ0) is 13.1. The van der Waals surface area contributed by atoms with Gasteiger partial charge >= 0.3 is 0 Å². The molecule has 0 saturated heterocycles. The summed E-state index contributed by atoms with van der Waals surface area (Å²) >= 11 is 5.00. The second-order valence-electron chi connectivity index (χ2n) is 4.01. The average Bonchev–Trinajstić information content (AvgIpc) is 2.71. The van der Waals surface area contributed by atoms with E-state index >= 15 is 0 Å². The minimum absolute atomic E-state index is 0.0498. The maximum absolute atomic E-state index is 13.1. The molecule has 1 nitrogen and oxygen atoms in total. The van der Waals surface area contributed by atoms with E-state index in [4.69, 9.17) is 0 Å². The van der Waals surface area contributed by atoms with Crippen molar-refractivity contribution >= 4 is 27.3 Å². The van der Waals surface area contributed by atoms with Crippen molar-refractivity contribution in [2.75, 3.05) is 7.05 Å². The first-order valence-electron chi connectivity index (χ1n) is 5.44. The molecule has 0 aliphatic rings. The Bertz CT molecular complexity index is 521. The first-order chi connectivity index (χ1) is 8.58. The maximum Gasteiger partial charge on any atom is 0.126 e. The SMILES string of the molecule is CNC(Cc1cc(F)cc(F)c1)c1csc(Br)c1. The van der Waals surface area contributed by atoms with E-state index in [0.717, 1.165) is 15.4 Å². The van der Waals surface area contributed by atoms with Crippen molar-refractivity contribution in [3.8, 4) is 0 Å². The summed E-state index contributed by atoms with van der Waals surface area (Å²) in [6.45, 7) is 0. The van der Waals surface area contributed by atoms with Gasteiger partial charge in [-0.2, -0.15) is 0 Å². The number of thiophene rings is 1. The first-order valence-corrected chi connectivity index (χ1v) is 7.12. The summed E-state index contributed by atoms with van der Waals surface area (Å²) in [5, 5.41) is 5.19.